The minimum atomic E-state index is -1.35. The maximum atomic E-state index is 12.7. The normalized spacial score (nSPS) is 14.0. The number of nitrogens with one attached hydrogen (secondary N) is 2. The van der Waals surface area contributed by atoms with Crippen molar-refractivity contribution in [2.45, 2.75) is 25.3 Å². The number of amides is 3. The fourth-order valence-corrected chi connectivity index (χ4v) is 3.86. The van der Waals surface area contributed by atoms with Gasteiger partial charge in [0, 0.05) is 29.9 Å². The van der Waals surface area contributed by atoms with Crippen molar-refractivity contribution in [2.24, 2.45) is 0 Å². The zero-order valence-corrected chi connectivity index (χ0v) is 16.3. The summed E-state index contributed by atoms with van der Waals surface area (Å²) in [5, 5.41) is 19.2. The highest BCUT2D eigenvalue weighted by molar-refractivity contribution is 6.22. The smallest absolute Gasteiger partial charge is 0.327 e. The molecule has 3 aromatic rings. The molecule has 31 heavy (non-hydrogen) atoms. The summed E-state index contributed by atoms with van der Waals surface area (Å²) in [7, 11) is 0. The van der Waals surface area contributed by atoms with Crippen molar-refractivity contribution in [3.63, 3.8) is 0 Å². The van der Waals surface area contributed by atoms with Gasteiger partial charge in [0.15, 0.2) is 0 Å². The van der Waals surface area contributed by atoms with E-state index in [9.17, 15) is 24.3 Å². The Morgan fingerprint density at radius 2 is 1.74 bits per heavy atom. The van der Waals surface area contributed by atoms with Gasteiger partial charge in [0.25, 0.3) is 11.8 Å². The molecule has 0 unspecified atom stereocenters. The van der Waals surface area contributed by atoms with E-state index in [1.807, 2.05) is 12.1 Å². The van der Waals surface area contributed by atoms with Crippen molar-refractivity contribution in [1.82, 2.24) is 15.4 Å². The number of rotatable bonds is 7. The average molecular weight is 421 g/mol. The second kappa shape index (κ2) is 8.04. The number of fused-ring (bicyclic) bond motifs is 2. The van der Waals surface area contributed by atoms with Crippen LogP contribution in [0.5, 0.6) is 0 Å². The lowest BCUT2D eigenvalue weighted by Crippen LogP contribution is -2.46. The van der Waals surface area contributed by atoms with Gasteiger partial charge in [-0.2, -0.15) is 0 Å². The lowest BCUT2D eigenvalue weighted by Gasteiger charge is -2.22. The zero-order chi connectivity index (χ0) is 22.1. The number of hydrogen-bond acceptors (Lipinski definition) is 5. The number of aromatic amines is 1. The number of aliphatic carboxylic acids is 1. The number of imide groups is 1. The SMILES string of the molecule is O=C(CCc1ccc2c(C[C@@H](C(=O)O)N3C(=O)c4ccccc4C3=O)c[nH]c2c1)NO. The summed E-state index contributed by atoms with van der Waals surface area (Å²) < 4.78 is 0. The van der Waals surface area contributed by atoms with Gasteiger partial charge in [-0.05, 0) is 35.7 Å². The van der Waals surface area contributed by atoms with E-state index in [4.69, 9.17) is 5.21 Å². The fraction of sp³-hybridized carbons (Fsp3) is 0.182. The van der Waals surface area contributed by atoms with E-state index < -0.39 is 29.7 Å². The number of H-pyrrole nitrogens is 1. The summed E-state index contributed by atoms with van der Waals surface area (Å²) in [5.74, 6) is -2.98. The molecular weight excluding hydrogens is 402 g/mol. The number of hydroxylamine groups is 1. The maximum Gasteiger partial charge on any atom is 0.327 e. The maximum absolute atomic E-state index is 12.7. The highest BCUT2D eigenvalue weighted by Gasteiger charge is 2.42. The zero-order valence-electron chi connectivity index (χ0n) is 16.3. The molecule has 0 aliphatic carbocycles. The number of aromatic nitrogens is 1. The van der Waals surface area contributed by atoms with Crippen LogP contribution in [-0.2, 0) is 22.4 Å². The first kappa shape index (κ1) is 20.3. The lowest BCUT2D eigenvalue weighted by molar-refractivity contribution is -0.141. The molecule has 2 aromatic carbocycles. The summed E-state index contributed by atoms with van der Waals surface area (Å²) in [5.41, 5.74) is 4.24. The number of carbonyl (C=O) groups excluding carboxylic acids is 3. The van der Waals surface area contributed by atoms with Gasteiger partial charge in [0.1, 0.15) is 6.04 Å². The second-order valence-electron chi connectivity index (χ2n) is 7.31. The van der Waals surface area contributed by atoms with E-state index in [2.05, 4.69) is 4.98 Å². The van der Waals surface area contributed by atoms with Gasteiger partial charge in [-0.15, -0.1) is 0 Å². The Morgan fingerprint density at radius 1 is 1.06 bits per heavy atom. The highest BCUT2D eigenvalue weighted by Crippen LogP contribution is 2.28. The Labute approximate surface area is 176 Å². The molecule has 9 heteroatoms. The predicted octanol–water partition coefficient (Wildman–Crippen LogP) is 1.90. The number of hydrogen-bond donors (Lipinski definition) is 4. The van der Waals surface area contributed by atoms with E-state index in [1.165, 1.54) is 12.1 Å². The molecule has 0 bridgehead atoms. The monoisotopic (exact) mass is 421 g/mol. The van der Waals surface area contributed by atoms with Gasteiger partial charge >= 0.3 is 5.97 Å². The Morgan fingerprint density at radius 3 is 2.35 bits per heavy atom. The van der Waals surface area contributed by atoms with Gasteiger partial charge in [0.2, 0.25) is 5.91 Å². The van der Waals surface area contributed by atoms with Crippen LogP contribution < -0.4 is 5.48 Å². The second-order valence-corrected chi connectivity index (χ2v) is 7.31. The largest absolute Gasteiger partial charge is 0.480 e. The number of carbonyl (C=O) groups is 4. The van der Waals surface area contributed by atoms with Crippen molar-refractivity contribution in [2.75, 3.05) is 0 Å². The van der Waals surface area contributed by atoms with Crippen LogP contribution in [0, 0.1) is 0 Å². The van der Waals surface area contributed by atoms with E-state index in [1.54, 1.807) is 29.9 Å². The van der Waals surface area contributed by atoms with Crippen LogP contribution in [0.2, 0.25) is 0 Å². The molecule has 2 heterocycles. The standard InChI is InChI=1S/C22H19N3O6/c26-19(24-31)8-6-12-5-7-14-13(11-23-17(14)9-12)10-18(22(29)30)25-20(27)15-3-1-2-4-16(15)21(25)28/h1-5,7,9,11,18,23,31H,6,8,10H2,(H,24,26)(H,29,30)/t18-/m0/s1. The molecule has 1 aliphatic rings. The molecule has 0 saturated heterocycles. The van der Waals surface area contributed by atoms with Gasteiger partial charge in [-0.1, -0.05) is 24.3 Å². The molecule has 0 fully saturated rings. The molecule has 0 radical (unpaired) electrons. The molecule has 1 atom stereocenters. The Balaban J connectivity index is 1.59. The number of nitrogens with zero attached hydrogens (tertiary/aromatic N) is 1. The van der Waals surface area contributed by atoms with Crippen LogP contribution in [0.1, 0.15) is 38.3 Å². The minimum Gasteiger partial charge on any atom is -0.480 e. The number of aryl methyl sites for hydroxylation is 1. The van der Waals surface area contributed by atoms with Gasteiger partial charge < -0.3 is 10.1 Å². The third kappa shape index (κ3) is 3.66. The predicted molar refractivity (Wildman–Crippen MR) is 109 cm³/mol. The lowest BCUT2D eigenvalue weighted by atomic mass is 10.0. The Hall–Kier alpha value is -3.98. The minimum absolute atomic E-state index is 0.0485. The molecule has 1 aromatic heterocycles. The number of benzene rings is 2. The third-order valence-corrected chi connectivity index (χ3v) is 5.43. The average Bonchev–Trinajstić information content (AvgIpc) is 3.28. The molecule has 158 valence electrons. The van der Waals surface area contributed by atoms with Gasteiger partial charge in [-0.3, -0.25) is 24.5 Å². The topological polar surface area (TPSA) is 140 Å². The van der Waals surface area contributed by atoms with Crippen LogP contribution in [0.25, 0.3) is 10.9 Å². The van der Waals surface area contributed by atoms with Gasteiger partial charge in [0.05, 0.1) is 11.1 Å². The van der Waals surface area contributed by atoms with Crippen molar-refractivity contribution in [3.05, 3.63) is 70.9 Å². The van der Waals surface area contributed by atoms with Crippen LogP contribution >= 0.6 is 0 Å². The van der Waals surface area contributed by atoms with Crippen LogP contribution in [0.3, 0.4) is 0 Å². The van der Waals surface area contributed by atoms with E-state index in [-0.39, 0.29) is 24.0 Å². The van der Waals surface area contributed by atoms with E-state index >= 15 is 0 Å². The van der Waals surface area contributed by atoms with Crippen LogP contribution in [0.15, 0.2) is 48.7 Å². The molecule has 1 aliphatic heterocycles. The third-order valence-electron chi connectivity index (χ3n) is 5.43. The van der Waals surface area contributed by atoms with Crippen LogP contribution in [-0.4, -0.2) is 49.9 Å². The van der Waals surface area contributed by atoms with Gasteiger partial charge in [-0.25, -0.2) is 10.3 Å². The summed E-state index contributed by atoms with van der Waals surface area (Å²) in [6, 6.07) is 10.4. The summed E-state index contributed by atoms with van der Waals surface area (Å²) in [6.07, 6.45) is 2.15. The molecule has 3 amide bonds. The molecule has 4 rings (SSSR count). The molecule has 0 spiro atoms. The molecule has 0 saturated carbocycles. The first-order valence-electron chi connectivity index (χ1n) is 9.62. The van der Waals surface area contributed by atoms with Crippen molar-refractivity contribution in [3.8, 4) is 0 Å². The molecule has 9 nitrogen and oxygen atoms in total. The van der Waals surface area contributed by atoms with Crippen LogP contribution in [0.4, 0.5) is 0 Å². The first-order valence-corrected chi connectivity index (χ1v) is 9.62. The number of carboxylic acid groups (broad SMARTS) is 1. The summed E-state index contributed by atoms with van der Waals surface area (Å²) in [6.45, 7) is 0. The van der Waals surface area contributed by atoms with Crippen molar-refractivity contribution >= 4 is 34.6 Å². The summed E-state index contributed by atoms with van der Waals surface area (Å²) >= 11 is 0. The molecule has 4 N–H and O–H groups in total. The van der Waals surface area contributed by atoms with E-state index in [0.29, 0.717) is 12.0 Å². The van der Waals surface area contributed by atoms with Crippen molar-refractivity contribution < 1.29 is 29.5 Å². The number of carboxylic acids is 1. The molecular formula is C22H19N3O6. The van der Waals surface area contributed by atoms with E-state index in [0.717, 1.165) is 21.4 Å². The first-order chi connectivity index (χ1) is 14.9. The Bertz CT molecular complexity index is 1180. The summed E-state index contributed by atoms with van der Waals surface area (Å²) in [4.78, 5) is 52.6. The Kier molecular flexibility index (Phi) is 5.26. The fourth-order valence-electron chi connectivity index (χ4n) is 3.86. The highest BCUT2D eigenvalue weighted by atomic mass is 16.5. The van der Waals surface area contributed by atoms with Crippen molar-refractivity contribution in [1.29, 1.82) is 0 Å². The quantitative estimate of drug-likeness (QED) is 0.261.